The first-order valence-corrected chi connectivity index (χ1v) is 7.98. The van der Waals surface area contributed by atoms with Crippen LogP contribution >= 0.6 is 0 Å². The van der Waals surface area contributed by atoms with Crippen molar-refractivity contribution >= 4 is 5.91 Å². The Morgan fingerprint density at radius 1 is 1.29 bits per heavy atom. The van der Waals surface area contributed by atoms with Crippen molar-refractivity contribution in [2.45, 2.75) is 19.1 Å². The van der Waals surface area contributed by atoms with Gasteiger partial charge in [-0.15, -0.1) is 0 Å². The van der Waals surface area contributed by atoms with E-state index in [2.05, 4.69) is 4.90 Å². The quantitative estimate of drug-likeness (QED) is 0.827. The van der Waals surface area contributed by atoms with Crippen LogP contribution in [0, 0.1) is 5.41 Å². The van der Waals surface area contributed by atoms with Crippen LogP contribution in [0.3, 0.4) is 0 Å². The highest BCUT2D eigenvalue weighted by Gasteiger charge is 2.44. The Morgan fingerprint density at radius 3 is 2.75 bits per heavy atom. The van der Waals surface area contributed by atoms with Crippen molar-refractivity contribution < 1.29 is 22.7 Å². The molecular weight excluding hydrogens is 321 g/mol. The van der Waals surface area contributed by atoms with Gasteiger partial charge >= 0.3 is 6.18 Å². The smallest absolute Gasteiger partial charge is 0.379 e. The van der Waals surface area contributed by atoms with Crippen molar-refractivity contribution in [1.29, 1.82) is 0 Å². The molecule has 1 aromatic rings. The van der Waals surface area contributed by atoms with Crippen LogP contribution in [0.4, 0.5) is 13.2 Å². The summed E-state index contributed by atoms with van der Waals surface area (Å²) in [5, 5.41) is 0. The summed E-state index contributed by atoms with van der Waals surface area (Å²) >= 11 is 0. The van der Waals surface area contributed by atoms with Gasteiger partial charge in [-0.3, -0.25) is 9.69 Å². The number of carbonyl (C=O) groups is 1. The van der Waals surface area contributed by atoms with Gasteiger partial charge in [0.2, 0.25) is 5.91 Å². The summed E-state index contributed by atoms with van der Waals surface area (Å²) < 4.78 is 44.3. The van der Waals surface area contributed by atoms with E-state index in [1.54, 1.807) is 18.0 Å². The molecule has 2 fully saturated rings. The topological polar surface area (TPSA) is 32.8 Å². The van der Waals surface area contributed by atoms with Crippen LogP contribution < -0.4 is 0 Å². The first-order chi connectivity index (χ1) is 11.3. The molecule has 7 heteroatoms. The Balaban J connectivity index is 1.74. The largest absolute Gasteiger partial charge is 0.416 e. The standard InChI is InChI=1S/C17H21F3N2O2/c1-21-10-16(8-15(21)23)11-22(5-6-24-12-16)9-13-3-2-4-14(7-13)17(18,19)20/h2-4,7H,5-6,8-12H2,1H3/t16-/m1/s1. The van der Waals surface area contributed by atoms with Crippen molar-refractivity contribution in [3.63, 3.8) is 0 Å². The lowest BCUT2D eigenvalue weighted by molar-refractivity contribution is -0.137. The summed E-state index contributed by atoms with van der Waals surface area (Å²) in [5.41, 5.74) is -0.264. The summed E-state index contributed by atoms with van der Waals surface area (Å²) in [7, 11) is 1.78. The number of alkyl halides is 3. The fraction of sp³-hybridized carbons (Fsp3) is 0.588. The average Bonchev–Trinajstić information content (AvgIpc) is 2.66. The third kappa shape index (κ3) is 3.72. The molecule has 0 aliphatic carbocycles. The molecule has 0 radical (unpaired) electrons. The number of halogens is 3. The molecule has 0 unspecified atom stereocenters. The van der Waals surface area contributed by atoms with E-state index >= 15 is 0 Å². The number of hydrogen-bond acceptors (Lipinski definition) is 3. The lowest BCUT2D eigenvalue weighted by atomic mass is 9.87. The van der Waals surface area contributed by atoms with Gasteiger partial charge in [0.25, 0.3) is 0 Å². The van der Waals surface area contributed by atoms with Crippen LogP contribution in [0.25, 0.3) is 0 Å². The fourth-order valence-electron chi connectivity index (χ4n) is 3.63. The van der Waals surface area contributed by atoms with E-state index in [0.29, 0.717) is 51.4 Å². The minimum Gasteiger partial charge on any atom is -0.379 e. The summed E-state index contributed by atoms with van der Waals surface area (Å²) in [4.78, 5) is 15.7. The third-order valence-corrected chi connectivity index (χ3v) is 4.70. The number of rotatable bonds is 2. The number of likely N-dealkylation sites (tertiary alicyclic amines) is 1. The predicted molar refractivity (Wildman–Crippen MR) is 82.2 cm³/mol. The van der Waals surface area contributed by atoms with E-state index < -0.39 is 11.7 Å². The van der Waals surface area contributed by atoms with Gasteiger partial charge < -0.3 is 9.64 Å². The Bertz CT molecular complexity index is 620. The lowest BCUT2D eigenvalue weighted by Gasteiger charge is -2.31. The molecule has 0 aromatic heterocycles. The highest BCUT2D eigenvalue weighted by molar-refractivity contribution is 5.79. The van der Waals surface area contributed by atoms with E-state index in [0.717, 1.165) is 6.07 Å². The minimum absolute atomic E-state index is 0.0968. The zero-order chi connectivity index (χ0) is 17.4. The van der Waals surface area contributed by atoms with Crippen LogP contribution in [0.5, 0.6) is 0 Å². The third-order valence-electron chi connectivity index (χ3n) is 4.70. The highest BCUT2D eigenvalue weighted by atomic mass is 19.4. The Labute approximate surface area is 139 Å². The molecule has 24 heavy (non-hydrogen) atoms. The SMILES string of the molecule is CN1C[C@]2(COCCN(Cc3cccc(C(F)(F)F)c3)C2)CC1=O. The van der Waals surface area contributed by atoms with Gasteiger partial charge in [-0.05, 0) is 11.6 Å². The first kappa shape index (κ1) is 17.2. The molecule has 1 spiro atoms. The number of benzene rings is 1. The Morgan fingerprint density at radius 2 is 2.08 bits per heavy atom. The zero-order valence-electron chi connectivity index (χ0n) is 13.6. The minimum atomic E-state index is -4.33. The van der Waals surface area contributed by atoms with Crippen LogP contribution in [-0.4, -0.2) is 55.6 Å². The van der Waals surface area contributed by atoms with E-state index in [-0.39, 0.29) is 11.3 Å². The highest BCUT2D eigenvalue weighted by Crippen LogP contribution is 2.34. The van der Waals surface area contributed by atoms with Crippen molar-refractivity contribution in [3.8, 4) is 0 Å². The maximum atomic E-state index is 12.9. The molecule has 2 saturated heterocycles. The summed E-state index contributed by atoms with van der Waals surface area (Å²) in [5.74, 6) is 0.0968. The first-order valence-electron chi connectivity index (χ1n) is 7.98. The summed E-state index contributed by atoms with van der Waals surface area (Å²) in [6, 6.07) is 5.43. The molecule has 2 heterocycles. The summed E-state index contributed by atoms with van der Waals surface area (Å²) in [6.07, 6.45) is -3.90. The molecule has 0 saturated carbocycles. The van der Waals surface area contributed by atoms with E-state index in [1.807, 2.05) is 0 Å². The van der Waals surface area contributed by atoms with Gasteiger partial charge in [-0.25, -0.2) is 0 Å². The number of amides is 1. The van der Waals surface area contributed by atoms with Crippen LogP contribution in [0.1, 0.15) is 17.5 Å². The molecule has 1 atom stereocenters. The van der Waals surface area contributed by atoms with Gasteiger partial charge in [0.15, 0.2) is 0 Å². The molecular formula is C17H21F3N2O2. The maximum absolute atomic E-state index is 12.9. The van der Waals surface area contributed by atoms with Gasteiger partial charge in [0.05, 0.1) is 18.8 Å². The fourth-order valence-corrected chi connectivity index (χ4v) is 3.63. The van der Waals surface area contributed by atoms with E-state index in [1.165, 1.54) is 12.1 Å². The van der Waals surface area contributed by atoms with Crippen molar-refractivity contribution in [2.24, 2.45) is 5.41 Å². The van der Waals surface area contributed by atoms with Gasteiger partial charge in [-0.1, -0.05) is 18.2 Å². The average molecular weight is 342 g/mol. The zero-order valence-corrected chi connectivity index (χ0v) is 13.6. The molecule has 1 amide bonds. The van der Waals surface area contributed by atoms with Crippen molar-refractivity contribution in [3.05, 3.63) is 35.4 Å². The van der Waals surface area contributed by atoms with Crippen molar-refractivity contribution in [1.82, 2.24) is 9.80 Å². The number of hydrogen-bond donors (Lipinski definition) is 0. The van der Waals surface area contributed by atoms with Crippen molar-refractivity contribution in [2.75, 3.05) is 39.9 Å². The van der Waals surface area contributed by atoms with Gasteiger partial charge in [-0.2, -0.15) is 13.2 Å². The second-order valence-electron chi connectivity index (χ2n) is 6.89. The molecule has 132 valence electrons. The monoisotopic (exact) mass is 342 g/mol. The molecule has 3 rings (SSSR count). The van der Waals surface area contributed by atoms with Crippen LogP contribution in [0.15, 0.2) is 24.3 Å². The lowest BCUT2D eigenvalue weighted by Crippen LogP contribution is -2.40. The second kappa shape index (κ2) is 6.37. The second-order valence-corrected chi connectivity index (χ2v) is 6.89. The maximum Gasteiger partial charge on any atom is 0.416 e. The van der Waals surface area contributed by atoms with E-state index in [4.69, 9.17) is 4.74 Å². The van der Waals surface area contributed by atoms with Gasteiger partial charge in [0.1, 0.15) is 0 Å². The number of carbonyl (C=O) groups excluding carboxylic acids is 1. The van der Waals surface area contributed by atoms with Crippen LogP contribution in [0.2, 0.25) is 0 Å². The summed E-state index contributed by atoms with van der Waals surface area (Å²) in [6.45, 7) is 3.40. The molecule has 2 aliphatic heterocycles. The number of ether oxygens (including phenoxy) is 1. The molecule has 0 N–H and O–H groups in total. The molecule has 0 bridgehead atoms. The Kier molecular flexibility index (Phi) is 4.57. The van der Waals surface area contributed by atoms with Crippen LogP contribution in [-0.2, 0) is 22.3 Å². The molecule has 1 aromatic carbocycles. The number of nitrogens with zero attached hydrogens (tertiary/aromatic N) is 2. The molecule has 4 nitrogen and oxygen atoms in total. The molecule has 2 aliphatic rings. The van der Waals surface area contributed by atoms with E-state index in [9.17, 15) is 18.0 Å². The predicted octanol–water partition coefficient (Wildman–Crippen LogP) is 2.39. The van der Waals surface area contributed by atoms with Gasteiger partial charge in [0, 0.05) is 45.1 Å². The Hall–Kier alpha value is -1.60. The normalized spacial score (nSPS) is 26.2.